The van der Waals surface area contributed by atoms with Crippen LogP contribution in [0.2, 0.25) is 0 Å². The molecular formula is C12H11FN2O2. The predicted octanol–water partition coefficient (Wildman–Crippen LogP) is 2.18. The number of aromatic nitrogens is 1. The van der Waals surface area contributed by atoms with Crippen LogP contribution in [0.4, 0.5) is 9.18 Å². The largest absolute Gasteiger partial charge is 0.465 e. The second-order valence-corrected chi connectivity index (χ2v) is 3.65. The van der Waals surface area contributed by atoms with E-state index in [9.17, 15) is 9.18 Å². The van der Waals surface area contributed by atoms with Crippen molar-refractivity contribution in [2.75, 3.05) is 6.54 Å². The molecule has 2 rings (SSSR count). The molecule has 88 valence electrons. The molecule has 0 saturated heterocycles. The van der Waals surface area contributed by atoms with Crippen LogP contribution in [-0.4, -0.2) is 22.7 Å². The quantitative estimate of drug-likeness (QED) is 0.855. The first kappa shape index (κ1) is 11.3. The molecule has 17 heavy (non-hydrogen) atoms. The van der Waals surface area contributed by atoms with Crippen LogP contribution in [-0.2, 0) is 6.42 Å². The third-order valence-electron chi connectivity index (χ3n) is 2.48. The van der Waals surface area contributed by atoms with Gasteiger partial charge in [0, 0.05) is 24.3 Å². The van der Waals surface area contributed by atoms with Gasteiger partial charge in [0.05, 0.1) is 0 Å². The van der Waals surface area contributed by atoms with E-state index in [1.165, 1.54) is 6.07 Å². The summed E-state index contributed by atoms with van der Waals surface area (Å²) in [6.07, 6.45) is 2.46. The zero-order valence-electron chi connectivity index (χ0n) is 8.98. The fourth-order valence-corrected chi connectivity index (χ4v) is 1.65. The van der Waals surface area contributed by atoms with Crippen LogP contribution >= 0.6 is 0 Å². The van der Waals surface area contributed by atoms with Crippen molar-refractivity contribution < 1.29 is 14.3 Å². The maximum absolute atomic E-state index is 13.6. The normalized spacial score (nSPS) is 10.4. The number of benzene rings is 1. The van der Waals surface area contributed by atoms with E-state index in [0.29, 0.717) is 12.0 Å². The Morgan fingerprint density at radius 3 is 3.00 bits per heavy atom. The SMILES string of the molecule is O=C(O)NCCc1cc2ccncc2cc1F. The summed E-state index contributed by atoms with van der Waals surface area (Å²) in [5.74, 6) is -0.335. The number of amides is 1. The summed E-state index contributed by atoms with van der Waals surface area (Å²) in [6.45, 7) is 0.197. The fourth-order valence-electron chi connectivity index (χ4n) is 1.65. The van der Waals surface area contributed by atoms with Gasteiger partial charge in [-0.1, -0.05) is 0 Å². The summed E-state index contributed by atoms with van der Waals surface area (Å²) >= 11 is 0. The molecule has 0 radical (unpaired) electrons. The van der Waals surface area contributed by atoms with E-state index in [1.54, 1.807) is 24.5 Å². The number of carbonyl (C=O) groups is 1. The molecule has 0 atom stereocenters. The molecule has 1 aromatic carbocycles. The molecule has 0 saturated carbocycles. The third kappa shape index (κ3) is 2.69. The maximum Gasteiger partial charge on any atom is 0.404 e. The minimum atomic E-state index is -1.10. The Balaban J connectivity index is 2.22. The van der Waals surface area contributed by atoms with Crippen LogP contribution in [0.25, 0.3) is 10.8 Å². The summed E-state index contributed by atoms with van der Waals surface area (Å²) in [5.41, 5.74) is 0.498. The van der Waals surface area contributed by atoms with Gasteiger partial charge in [-0.05, 0) is 35.6 Å². The van der Waals surface area contributed by atoms with Crippen molar-refractivity contribution in [2.45, 2.75) is 6.42 Å². The van der Waals surface area contributed by atoms with Gasteiger partial charge in [0.2, 0.25) is 0 Å². The van der Waals surface area contributed by atoms with Crippen LogP contribution in [0.1, 0.15) is 5.56 Å². The first-order chi connectivity index (χ1) is 8.16. The number of carboxylic acid groups (broad SMARTS) is 1. The molecule has 2 N–H and O–H groups in total. The number of hydrogen-bond donors (Lipinski definition) is 2. The van der Waals surface area contributed by atoms with E-state index in [4.69, 9.17) is 5.11 Å². The number of nitrogens with zero attached hydrogens (tertiary/aromatic N) is 1. The minimum absolute atomic E-state index is 0.197. The van der Waals surface area contributed by atoms with E-state index >= 15 is 0 Å². The number of rotatable bonds is 3. The van der Waals surface area contributed by atoms with Crippen LogP contribution in [0, 0.1) is 5.82 Å². The van der Waals surface area contributed by atoms with Crippen molar-refractivity contribution >= 4 is 16.9 Å². The van der Waals surface area contributed by atoms with Crippen LogP contribution in [0.15, 0.2) is 30.6 Å². The van der Waals surface area contributed by atoms with Crippen molar-refractivity contribution in [1.82, 2.24) is 10.3 Å². The standard InChI is InChI=1S/C12H11FN2O2/c13-11-6-10-7-14-3-1-8(10)5-9(11)2-4-15-12(16)17/h1,3,5-7,15H,2,4H2,(H,16,17). The molecule has 5 heteroatoms. The van der Waals surface area contributed by atoms with E-state index in [-0.39, 0.29) is 12.4 Å². The average Bonchev–Trinajstić information content (AvgIpc) is 2.29. The highest BCUT2D eigenvalue weighted by Crippen LogP contribution is 2.18. The zero-order valence-corrected chi connectivity index (χ0v) is 8.98. The van der Waals surface area contributed by atoms with Crippen LogP contribution in [0.5, 0.6) is 0 Å². The number of fused-ring (bicyclic) bond motifs is 1. The average molecular weight is 234 g/mol. The van der Waals surface area contributed by atoms with Gasteiger partial charge in [-0.25, -0.2) is 9.18 Å². The fraction of sp³-hybridized carbons (Fsp3) is 0.167. The van der Waals surface area contributed by atoms with Gasteiger partial charge in [0.1, 0.15) is 5.82 Å². The van der Waals surface area contributed by atoms with Gasteiger partial charge in [-0.15, -0.1) is 0 Å². The van der Waals surface area contributed by atoms with Gasteiger partial charge in [0.25, 0.3) is 0 Å². The van der Waals surface area contributed by atoms with Gasteiger partial charge < -0.3 is 10.4 Å². The Labute approximate surface area is 97.1 Å². The lowest BCUT2D eigenvalue weighted by molar-refractivity contribution is 0.194. The summed E-state index contributed by atoms with van der Waals surface area (Å²) in [7, 11) is 0. The Morgan fingerprint density at radius 2 is 2.24 bits per heavy atom. The Morgan fingerprint density at radius 1 is 1.41 bits per heavy atom. The molecular weight excluding hydrogens is 223 g/mol. The van der Waals surface area contributed by atoms with E-state index in [2.05, 4.69) is 10.3 Å². The lowest BCUT2D eigenvalue weighted by Crippen LogP contribution is -2.23. The first-order valence-electron chi connectivity index (χ1n) is 5.16. The Kier molecular flexibility index (Phi) is 3.18. The molecule has 2 aromatic rings. The van der Waals surface area contributed by atoms with Crippen LogP contribution in [0.3, 0.4) is 0 Å². The van der Waals surface area contributed by atoms with Gasteiger partial charge >= 0.3 is 6.09 Å². The van der Waals surface area contributed by atoms with Gasteiger partial charge in [-0.3, -0.25) is 4.98 Å². The molecule has 1 aromatic heterocycles. The molecule has 1 heterocycles. The van der Waals surface area contributed by atoms with Crippen molar-refractivity contribution in [2.24, 2.45) is 0 Å². The molecule has 0 spiro atoms. The third-order valence-corrected chi connectivity index (χ3v) is 2.48. The van der Waals surface area contributed by atoms with Crippen molar-refractivity contribution in [3.05, 3.63) is 42.0 Å². The van der Waals surface area contributed by atoms with E-state index in [1.807, 2.05) is 0 Å². The smallest absolute Gasteiger partial charge is 0.404 e. The number of nitrogens with one attached hydrogen (secondary N) is 1. The molecule has 0 aliphatic rings. The van der Waals surface area contributed by atoms with E-state index in [0.717, 1.165) is 10.8 Å². The van der Waals surface area contributed by atoms with Gasteiger partial charge in [0.15, 0.2) is 0 Å². The summed E-state index contributed by atoms with van der Waals surface area (Å²) < 4.78 is 13.6. The molecule has 0 bridgehead atoms. The number of halogens is 1. The Hall–Kier alpha value is -2.17. The van der Waals surface area contributed by atoms with E-state index < -0.39 is 6.09 Å². The molecule has 4 nitrogen and oxygen atoms in total. The summed E-state index contributed by atoms with van der Waals surface area (Å²) in [6, 6.07) is 4.93. The minimum Gasteiger partial charge on any atom is -0.465 e. The van der Waals surface area contributed by atoms with Gasteiger partial charge in [-0.2, -0.15) is 0 Å². The monoisotopic (exact) mass is 234 g/mol. The lowest BCUT2D eigenvalue weighted by Gasteiger charge is -2.05. The molecule has 0 aliphatic heterocycles. The Bertz CT molecular complexity index is 557. The lowest BCUT2D eigenvalue weighted by atomic mass is 10.1. The zero-order chi connectivity index (χ0) is 12.3. The number of hydrogen-bond acceptors (Lipinski definition) is 2. The van der Waals surface area contributed by atoms with Crippen molar-refractivity contribution in [1.29, 1.82) is 0 Å². The molecule has 0 unspecified atom stereocenters. The highest BCUT2D eigenvalue weighted by atomic mass is 19.1. The van der Waals surface area contributed by atoms with Crippen LogP contribution < -0.4 is 5.32 Å². The highest BCUT2D eigenvalue weighted by Gasteiger charge is 2.05. The van der Waals surface area contributed by atoms with Crippen molar-refractivity contribution in [3.8, 4) is 0 Å². The summed E-state index contributed by atoms with van der Waals surface area (Å²) in [5, 5.41) is 12.3. The molecule has 0 aliphatic carbocycles. The first-order valence-corrected chi connectivity index (χ1v) is 5.16. The second kappa shape index (κ2) is 4.78. The molecule has 0 fully saturated rings. The maximum atomic E-state index is 13.6. The topological polar surface area (TPSA) is 62.2 Å². The second-order valence-electron chi connectivity index (χ2n) is 3.65. The predicted molar refractivity (Wildman–Crippen MR) is 61.4 cm³/mol. The molecule has 1 amide bonds. The highest BCUT2D eigenvalue weighted by molar-refractivity contribution is 5.82. The summed E-state index contributed by atoms with van der Waals surface area (Å²) in [4.78, 5) is 14.2. The number of pyridine rings is 1. The van der Waals surface area contributed by atoms with Crippen molar-refractivity contribution in [3.63, 3.8) is 0 Å².